The summed E-state index contributed by atoms with van der Waals surface area (Å²) in [6, 6.07) is 7.81. The Hall–Kier alpha value is -1.84. The zero-order chi connectivity index (χ0) is 24.1. The van der Waals surface area contributed by atoms with Gasteiger partial charge in [0.25, 0.3) is 0 Å². The Balaban J connectivity index is 2.03. The monoisotopic (exact) mass is 456 g/mol. The predicted octanol–water partition coefficient (Wildman–Crippen LogP) is 6.98. The number of aldehydes is 1. The van der Waals surface area contributed by atoms with Crippen molar-refractivity contribution in [2.45, 2.75) is 91.9 Å². The van der Waals surface area contributed by atoms with Crippen LogP contribution in [-0.4, -0.2) is 43.3 Å². The number of anilines is 1. The van der Waals surface area contributed by atoms with E-state index in [0.29, 0.717) is 23.3 Å². The maximum Gasteiger partial charge on any atom is 0.225 e. The van der Waals surface area contributed by atoms with Gasteiger partial charge < -0.3 is 9.80 Å². The Morgan fingerprint density at radius 1 is 0.939 bits per heavy atom. The summed E-state index contributed by atoms with van der Waals surface area (Å²) in [7, 11) is 0. The van der Waals surface area contributed by atoms with E-state index in [1.807, 2.05) is 24.3 Å². The van der Waals surface area contributed by atoms with E-state index in [4.69, 9.17) is 0 Å². The van der Waals surface area contributed by atoms with Crippen LogP contribution in [0, 0.1) is 17.8 Å². The molecular weight excluding hydrogens is 408 g/mol. The highest BCUT2D eigenvalue weighted by atomic mass is 16.2. The summed E-state index contributed by atoms with van der Waals surface area (Å²) < 4.78 is 0. The van der Waals surface area contributed by atoms with Crippen molar-refractivity contribution in [3.05, 3.63) is 29.8 Å². The first-order valence-electron chi connectivity index (χ1n) is 13.6. The van der Waals surface area contributed by atoms with E-state index < -0.39 is 0 Å². The fourth-order valence-electron chi connectivity index (χ4n) is 5.12. The standard InChI is InChI=1S/C29H48N2O2/c1-5-9-11-24(7-3)21-31(22-25(8-4)12-10-6-2)29(33)27-17-19-30(20-18-27)28-15-13-26(23-32)14-16-28/h13-16,23-25,27H,5-12,17-22H2,1-4H3/t24-,25+. The lowest BCUT2D eigenvalue weighted by molar-refractivity contribution is -0.137. The van der Waals surface area contributed by atoms with Gasteiger partial charge in [-0.15, -0.1) is 0 Å². The van der Waals surface area contributed by atoms with Gasteiger partial charge in [-0.2, -0.15) is 0 Å². The quantitative estimate of drug-likeness (QED) is 0.267. The van der Waals surface area contributed by atoms with E-state index in [1.165, 1.54) is 38.5 Å². The second kappa shape index (κ2) is 15.1. The molecule has 0 unspecified atom stereocenters. The van der Waals surface area contributed by atoms with Gasteiger partial charge in [-0.05, 0) is 61.8 Å². The highest BCUT2D eigenvalue weighted by Crippen LogP contribution is 2.27. The third kappa shape index (κ3) is 8.79. The molecule has 4 heteroatoms. The van der Waals surface area contributed by atoms with Gasteiger partial charge in [-0.3, -0.25) is 9.59 Å². The summed E-state index contributed by atoms with van der Waals surface area (Å²) in [6.45, 7) is 12.8. The molecule has 0 bridgehead atoms. The van der Waals surface area contributed by atoms with E-state index in [0.717, 1.165) is 63.8 Å². The van der Waals surface area contributed by atoms with Crippen molar-refractivity contribution >= 4 is 17.9 Å². The SMILES string of the molecule is CCCC[C@@H](CC)CN(C[C@@H](CC)CCCC)C(=O)C1CCN(c2ccc(C=O)cc2)CC1. The van der Waals surface area contributed by atoms with E-state index in [-0.39, 0.29) is 5.92 Å². The molecule has 4 nitrogen and oxygen atoms in total. The number of hydrogen-bond acceptors (Lipinski definition) is 3. The van der Waals surface area contributed by atoms with Crippen LogP contribution in [0.25, 0.3) is 0 Å². The Kier molecular flexibility index (Phi) is 12.6. The van der Waals surface area contributed by atoms with E-state index in [1.54, 1.807) is 0 Å². The molecule has 1 aliphatic rings. The summed E-state index contributed by atoms with van der Waals surface area (Å²) in [5.41, 5.74) is 1.86. The van der Waals surface area contributed by atoms with Gasteiger partial charge in [-0.25, -0.2) is 0 Å². The number of piperidine rings is 1. The molecule has 186 valence electrons. The van der Waals surface area contributed by atoms with Crippen LogP contribution in [0.1, 0.15) is 102 Å². The highest BCUT2D eigenvalue weighted by Gasteiger charge is 2.30. The van der Waals surface area contributed by atoms with Crippen LogP contribution >= 0.6 is 0 Å². The number of unbranched alkanes of at least 4 members (excludes halogenated alkanes) is 2. The minimum atomic E-state index is 0.142. The number of carbonyl (C=O) groups is 2. The Labute approximate surface area is 203 Å². The molecule has 2 rings (SSSR count). The van der Waals surface area contributed by atoms with Crippen molar-refractivity contribution in [1.29, 1.82) is 0 Å². The van der Waals surface area contributed by atoms with E-state index in [2.05, 4.69) is 37.5 Å². The minimum absolute atomic E-state index is 0.142. The first kappa shape index (κ1) is 27.4. The number of rotatable bonds is 15. The lowest BCUT2D eigenvalue weighted by atomic mass is 9.91. The van der Waals surface area contributed by atoms with Crippen LogP contribution in [0.15, 0.2) is 24.3 Å². The Bertz CT molecular complexity index is 661. The lowest BCUT2D eigenvalue weighted by Gasteiger charge is -2.37. The lowest BCUT2D eigenvalue weighted by Crippen LogP contribution is -2.45. The molecule has 0 saturated carbocycles. The van der Waals surface area contributed by atoms with Crippen LogP contribution in [-0.2, 0) is 4.79 Å². The van der Waals surface area contributed by atoms with Gasteiger partial charge in [0, 0.05) is 43.3 Å². The smallest absolute Gasteiger partial charge is 0.225 e. The van der Waals surface area contributed by atoms with Crippen molar-refractivity contribution in [2.24, 2.45) is 17.8 Å². The Morgan fingerprint density at radius 3 is 1.88 bits per heavy atom. The maximum absolute atomic E-state index is 13.7. The van der Waals surface area contributed by atoms with Crippen LogP contribution in [0.2, 0.25) is 0 Å². The number of hydrogen-bond donors (Lipinski definition) is 0. The molecule has 0 aliphatic carbocycles. The summed E-state index contributed by atoms with van der Waals surface area (Å²) in [5, 5.41) is 0. The molecule has 1 fully saturated rings. The number of carbonyl (C=O) groups excluding carboxylic acids is 2. The summed E-state index contributed by atoms with van der Waals surface area (Å²) >= 11 is 0. The molecule has 1 aromatic rings. The summed E-state index contributed by atoms with van der Waals surface area (Å²) in [5.74, 6) is 1.78. The molecule has 0 radical (unpaired) electrons. The van der Waals surface area contributed by atoms with Crippen molar-refractivity contribution in [2.75, 3.05) is 31.1 Å². The van der Waals surface area contributed by atoms with Gasteiger partial charge in [0.2, 0.25) is 5.91 Å². The van der Waals surface area contributed by atoms with E-state index >= 15 is 0 Å². The fraction of sp³-hybridized carbons (Fsp3) is 0.724. The molecule has 0 spiro atoms. The third-order valence-electron chi connectivity index (χ3n) is 7.59. The van der Waals surface area contributed by atoms with E-state index in [9.17, 15) is 9.59 Å². The van der Waals surface area contributed by atoms with Gasteiger partial charge in [0.1, 0.15) is 6.29 Å². The zero-order valence-corrected chi connectivity index (χ0v) is 21.7. The summed E-state index contributed by atoms with van der Waals surface area (Å²) in [4.78, 5) is 29.3. The van der Waals surface area contributed by atoms with Crippen LogP contribution in [0.3, 0.4) is 0 Å². The van der Waals surface area contributed by atoms with Crippen LogP contribution in [0.5, 0.6) is 0 Å². The summed E-state index contributed by atoms with van der Waals surface area (Å²) in [6.07, 6.45) is 12.5. The number of nitrogens with zero attached hydrogens (tertiary/aromatic N) is 2. The third-order valence-corrected chi connectivity index (χ3v) is 7.59. The second-order valence-corrected chi connectivity index (χ2v) is 10.0. The normalized spacial score (nSPS) is 16.4. The largest absolute Gasteiger partial charge is 0.371 e. The molecule has 1 aromatic carbocycles. The molecule has 0 N–H and O–H groups in total. The van der Waals surface area contributed by atoms with Crippen molar-refractivity contribution < 1.29 is 9.59 Å². The maximum atomic E-state index is 13.7. The minimum Gasteiger partial charge on any atom is -0.371 e. The number of benzene rings is 1. The van der Waals surface area contributed by atoms with Crippen LogP contribution < -0.4 is 4.90 Å². The molecular formula is C29H48N2O2. The molecule has 1 saturated heterocycles. The first-order chi connectivity index (χ1) is 16.1. The van der Waals surface area contributed by atoms with Gasteiger partial charge in [-0.1, -0.05) is 66.2 Å². The van der Waals surface area contributed by atoms with Crippen molar-refractivity contribution in [3.8, 4) is 0 Å². The average Bonchev–Trinajstić information content (AvgIpc) is 2.87. The molecule has 33 heavy (non-hydrogen) atoms. The Morgan fingerprint density at radius 2 is 1.45 bits per heavy atom. The predicted molar refractivity (Wildman–Crippen MR) is 140 cm³/mol. The molecule has 1 heterocycles. The average molecular weight is 457 g/mol. The van der Waals surface area contributed by atoms with Gasteiger partial charge >= 0.3 is 0 Å². The fourth-order valence-corrected chi connectivity index (χ4v) is 5.12. The van der Waals surface area contributed by atoms with Gasteiger partial charge in [0.15, 0.2) is 0 Å². The molecule has 0 aromatic heterocycles. The first-order valence-corrected chi connectivity index (χ1v) is 13.6. The topological polar surface area (TPSA) is 40.6 Å². The number of amides is 1. The molecule has 1 aliphatic heterocycles. The van der Waals surface area contributed by atoms with Crippen molar-refractivity contribution in [3.63, 3.8) is 0 Å². The molecule has 2 atom stereocenters. The molecule has 1 amide bonds. The van der Waals surface area contributed by atoms with Crippen molar-refractivity contribution in [1.82, 2.24) is 4.90 Å². The highest BCUT2D eigenvalue weighted by molar-refractivity contribution is 5.79. The van der Waals surface area contributed by atoms with Gasteiger partial charge in [0.05, 0.1) is 0 Å². The van der Waals surface area contributed by atoms with Crippen LogP contribution in [0.4, 0.5) is 5.69 Å². The second-order valence-electron chi connectivity index (χ2n) is 10.0. The zero-order valence-electron chi connectivity index (χ0n) is 21.7.